The normalized spacial score (nSPS) is 10.2. The van der Waals surface area contributed by atoms with Crippen molar-refractivity contribution in [2.24, 2.45) is 5.73 Å². The van der Waals surface area contributed by atoms with Gasteiger partial charge in [-0.1, -0.05) is 29.8 Å². The summed E-state index contributed by atoms with van der Waals surface area (Å²) in [6.07, 6.45) is 1.39. The lowest BCUT2D eigenvalue weighted by Gasteiger charge is -2.13. The second-order valence-electron chi connectivity index (χ2n) is 5.27. The van der Waals surface area contributed by atoms with Gasteiger partial charge in [-0.05, 0) is 18.2 Å². The molecule has 132 valence electrons. The summed E-state index contributed by atoms with van der Waals surface area (Å²) in [5.41, 5.74) is 6.81. The number of carbonyl (C=O) groups is 1. The molecule has 0 fully saturated rings. The van der Waals surface area contributed by atoms with Gasteiger partial charge in [-0.25, -0.2) is 4.98 Å². The molecule has 0 saturated heterocycles. The van der Waals surface area contributed by atoms with Crippen LogP contribution in [0.2, 0.25) is 5.02 Å². The van der Waals surface area contributed by atoms with E-state index in [9.17, 15) is 4.79 Å². The highest BCUT2D eigenvalue weighted by molar-refractivity contribution is 6.33. The van der Waals surface area contributed by atoms with Crippen molar-refractivity contribution in [3.05, 3.63) is 65.3 Å². The summed E-state index contributed by atoms with van der Waals surface area (Å²) >= 11 is 6.18. The highest BCUT2D eigenvalue weighted by Gasteiger charge is 2.12. The molecule has 1 aromatic carbocycles. The largest absolute Gasteiger partial charge is 0.481 e. The summed E-state index contributed by atoms with van der Waals surface area (Å²) in [5, 5.41) is 6.69. The number of aromatic nitrogens is 2. The van der Waals surface area contributed by atoms with E-state index in [1.807, 2.05) is 12.1 Å². The minimum Gasteiger partial charge on any atom is -0.481 e. The fourth-order valence-corrected chi connectivity index (χ4v) is 2.44. The summed E-state index contributed by atoms with van der Waals surface area (Å²) in [4.78, 5) is 20.2. The van der Waals surface area contributed by atoms with Crippen molar-refractivity contribution in [1.29, 1.82) is 0 Å². The van der Waals surface area contributed by atoms with Crippen molar-refractivity contribution in [2.75, 3.05) is 17.7 Å². The number of amides is 1. The third-order valence-corrected chi connectivity index (χ3v) is 3.83. The van der Waals surface area contributed by atoms with Crippen molar-refractivity contribution >= 4 is 40.5 Å². The molecular weight excluding hydrogens is 354 g/mol. The molecule has 7 nitrogen and oxygen atoms in total. The standard InChI is InChI=1S/C18H16ClN5O2/c1-26-17-8-4-7-15(24-17)23-16-9-14(11(10-21-16)18(20)25)22-13-6-3-2-5-12(13)19/h2-10H,1H3,(H2,20,25)(H2,21,22,23,24). The number of para-hydroxylation sites is 1. The number of ether oxygens (including phenoxy) is 1. The van der Waals surface area contributed by atoms with Crippen molar-refractivity contribution < 1.29 is 9.53 Å². The van der Waals surface area contributed by atoms with Gasteiger partial charge in [-0.2, -0.15) is 4.98 Å². The summed E-state index contributed by atoms with van der Waals surface area (Å²) in [6.45, 7) is 0. The molecule has 0 aliphatic rings. The molecule has 8 heteroatoms. The number of halogens is 1. The van der Waals surface area contributed by atoms with Gasteiger partial charge < -0.3 is 21.1 Å². The van der Waals surface area contributed by atoms with E-state index in [-0.39, 0.29) is 5.56 Å². The molecule has 26 heavy (non-hydrogen) atoms. The van der Waals surface area contributed by atoms with E-state index >= 15 is 0 Å². The fourth-order valence-electron chi connectivity index (χ4n) is 2.26. The van der Waals surface area contributed by atoms with Crippen LogP contribution in [0.1, 0.15) is 10.4 Å². The molecular formula is C18H16ClN5O2. The number of benzene rings is 1. The number of nitrogens with one attached hydrogen (secondary N) is 2. The Labute approximate surface area is 155 Å². The quantitative estimate of drug-likeness (QED) is 0.612. The van der Waals surface area contributed by atoms with Gasteiger partial charge in [0.1, 0.15) is 11.6 Å². The summed E-state index contributed by atoms with van der Waals surface area (Å²) < 4.78 is 5.10. The van der Waals surface area contributed by atoms with Crippen LogP contribution in [0.4, 0.5) is 23.0 Å². The predicted octanol–water partition coefficient (Wildman–Crippen LogP) is 3.72. The van der Waals surface area contributed by atoms with Crippen molar-refractivity contribution in [3.8, 4) is 5.88 Å². The van der Waals surface area contributed by atoms with Gasteiger partial charge in [-0.3, -0.25) is 4.79 Å². The molecule has 3 aromatic rings. The Bertz CT molecular complexity index is 948. The Morgan fingerprint density at radius 1 is 1.08 bits per heavy atom. The number of nitrogens with zero attached hydrogens (tertiary/aromatic N) is 2. The molecule has 0 aliphatic heterocycles. The molecule has 2 aromatic heterocycles. The van der Waals surface area contributed by atoms with E-state index in [0.717, 1.165) is 0 Å². The first kappa shape index (κ1) is 17.5. The first-order valence-corrected chi connectivity index (χ1v) is 8.04. The zero-order valence-corrected chi connectivity index (χ0v) is 14.6. The predicted molar refractivity (Wildman–Crippen MR) is 102 cm³/mol. The number of rotatable bonds is 6. The van der Waals surface area contributed by atoms with Crippen LogP contribution < -0.4 is 21.1 Å². The van der Waals surface area contributed by atoms with E-state index in [0.29, 0.717) is 33.9 Å². The highest BCUT2D eigenvalue weighted by Crippen LogP contribution is 2.28. The number of methoxy groups -OCH3 is 1. The first-order valence-electron chi connectivity index (χ1n) is 7.66. The topological polar surface area (TPSA) is 102 Å². The molecule has 0 atom stereocenters. The maximum absolute atomic E-state index is 11.7. The fraction of sp³-hybridized carbons (Fsp3) is 0.0556. The van der Waals surface area contributed by atoms with E-state index in [4.69, 9.17) is 22.1 Å². The molecule has 0 radical (unpaired) electrons. The van der Waals surface area contributed by atoms with Crippen LogP contribution in [0.15, 0.2) is 54.7 Å². The van der Waals surface area contributed by atoms with Crippen molar-refractivity contribution in [1.82, 2.24) is 9.97 Å². The van der Waals surface area contributed by atoms with Gasteiger partial charge >= 0.3 is 0 Å². The minimum atomic E-state index is -0.599. The minimum absolute atomic E-state index is 0.245. The highest BCUT2D eigenvalue weighted by atomic mass is 35.5. The summed E-state index contributed by atoms with van der Waals surface area (Å²) in [6, 6.07) is 14.2. The molecule has 3 rings (SSSR count). The third kappa shape index (κ3) is 4.01. The van der Waals surface area contributed by atoms with Gasteiger partial charge in [0.15, 0.2) is 0 Å². The third-order valence-electron chi connectivity index (χ3n) is 3.50. The molecule has 0 bridgehead atoms. The first-order chi connectivity index (χ1) is 12.6. The number of anilines is 4. The number of pyridine rings is 2. The zero-order chi connectivity index (χ0) is 18.5. The zero-order valence-electron chi connectivity index (χ0n) is 13.9. The number of nitrogens with two attached hydrogens (primary N) is 1. The maximum atomic E-state index is 11.7. The molecule has 2 heterocycles. The number of hydrogen-bond acceptors (Lipinski definition) is 6. The second kappa shape index (κ2) is 7.71. The van der Waals surface area contributed by atoms with Crippen LogP contribution in [0.25, 0.3) is 0 Å². The van der Waals surface area contributed by atoms with Crippen LogP contribution in [0, 0.1) is 0 Å². The lowest BCUT2D eigenvalue weighted by atomic mass is 10.2. The van der Waals surface area contributed by atoms with Gasteiger partial charge in [0.05, 0.1) is 29.1 Å². The van der Waals surface area contributed by atoms with E-state index < -0.39 is 5.91 Å². The van der Waals surface area contributed by atoms with Gasteiger partial charge in [0.2, 0.25) is 5.88 Å². The average molecular weight is 370 g/mol. The van der Waals surface area contributed by atoms with Crippen LogP contribution in [-0.2, 0) is 0 Å². The molecule has 0 spiro atoms. The SMILES string of the molecule is COc1cccc(Nc2cc(Nc3ccccc3Cl)c(C(N)=O)cn2)n1. The second-order valence-corrected chi connectivity index (χ2v) is 5.68. The van der Waals surface area contributed by atoms with Gasteiger partial charge in [0, 0.05) is 18.3 Å². The molecule has 4 N–H and O–H groups in total. The Morgan fingerprint density at radius 3 is 2.62 bits per heavy atom. The molecule has 0 unspecified atom stereocenters. The van der Waals surface area contributed by atoms with Crippen molar-refractivity contribution in [3.63, 3.8) is 0 Å². The Morgan fingerprint density at radius 2 is 1.88 bits per heavy atom. The molecule has 1 amide bonds. The van der Waals surface area contributed by atoms with Crippen LogP contribution in [0.5, 0.6) is 5.88 Å². The Hall–Kier alpha value is -3.32. The number of primary amides is 1. The number of carbonyl (C=O) groups excluding carboxylic acids is 1. The van der Waals surface area contributed by atoms with Gasteiger partial charge in [-0.15, -0.1) is 0 Å². The smallest absolute Gasteiger partial charge is 0.252 e. The van der Waals surface area contributed by atoms with Crippen LogP contribution in [0.3, 0.4) is 0 Å². The van der Waals surface area contributed by atoms with E-state index in [1.54, 1.807) is 36.4 Å². The average Bonchev–Trinajstić information content (AvgIpc) is 2.64. The number of hydrogen-bond donors (Lipinski definition) is 3. The Kier molecular flexibility index (Phi) is 5.19. The summed E-state index contributed by atoms with van der Waals surface area (Å²) in [7, 11) is 1.54. The monoisotopic (exact) mass is 369 g/mol. The Balaban J connectivity index is 1.93. The lowest BCUT2D eigenvalue weighted by molar-refractivity contribution is 0.100. The van der Waals surface area contributed by atoms with E-state index in [1.165, 1.54) is 13.3 Å². The lowest BCUT2D eigenvalue weighted by Crippen LogP contribution is -2.14. The molecule has 0 saturated carbocycles. The van der Waals surface area contributed by atoms with Crippen LogP contribution >= 0.6 is 11.6 Å². The van der Waals surface area contributed by atoms with Crippen LogP contribution in [-0.4, -0.2) is 23.0 Å². The summed E-state index contributed by atoms with van der Waals surface area (Å²) in [5.74, 6) is 0.897. The van der Waals surface area contributed by atoms with Crippen molar-refractivity contribution in [2.45, 2.75) is 0 Å². The maximum Gasteiger partial charge on any atom is 0.252 e. The van der Waals surface area contributed by atoms with E-state index in [2.05, 4.69) is 20.6 Å². The molecule has 0 aliphatic carbocycles. The van der Waals surface area contributed by atoms with Gasteiger partial charge in [0.25, 0.3) is 5.91 Å².